The number of nitrogens with one attached hydrogen (secondary N) is 1. The second-order valence-corrected chi connectivity index (χ2v) is 23.9. The van der Waals surface area contributed by atoms with E-state index in [2.05, 4.69) is 19.2 Å². The van der Waals surface area contributed by atoms with Gasteiger partial charge in [0.2, 0.25) is 5.91 Å². The van der Waals surface area contributed by atoms with Gasteiger partial charge in [-0.2, -0.15) is 0 Å². The van der Waals surface area contributed by atoms with Crippen molar-refractivity contribution in [2.75, 3.05) is 13.2 Å². The second-order valence-electron chi connectivity index (χ2n) is 23.9. The van der Waals surface area contributed by atoms with Crippen molar-refractivity contribution in [3.8, 4) is 0 Å². The van der Waals surface area contributed by atoms with Crippen LogP contribution in [0.3, 0.4) is 0 Å². The molecule has 3 N–H and O–H groups in total. The molecule has 0 saturated carbocycles. The number of aliphatic hydroxyl groups is 2. The molecule has 0 aliphatic heterocycles. The SMILES string of the molecule is CCCCCCCCCCCCCCCCCCCCC(=O)OCCCCCCCCCCCCCCCCCCCCCCCCCC(=O)NC(CO)C(O)CCCCCCCCCCCCCCCCCC. The maximum Gasteiger partial charge on any atom is 0.305 e. The summed E-state index contributed by atoms with van der Waals surface area (Å²) in [7, 11) is 0. The molecule has 2 unspecified atom stereocenters. The Hall–Kier alpha value is -1.14. The van der Waals surface area contributed by atoms with Crippen LogP contribution in [0.15, 0.2) is 0 Å². The largest absolute Gasteiger partial charge is 0.466 e. The molecular formula is C68H135NO5. The van der Waals surface area contributed by atoms with E-state index in [9.17, 15) is 19.8 Å². The monoisotopic (exact) mass is 1050 g/mol. The number of unbranched alkanes of at least 4 members (excludes halogenated alkanes) is 54. The van der Waals surface area contributed by atoms with Crippen molar-refractivity contribution in [3.63, 3.8) is 0 Å². The van der Waals surface area contributed by atoms with Gasteiger partial charge in [0.05, 0.1) is 25.4 Å². The van der Waals surface area contributed by atoms with Gasteiger partial charge in [-0.05, 0) is 25.7 Å². The minimum Gasteiger partial charge on any atom is -0.466 e. The third-order valence-electron chi connectivity index (χ3n) is 16.4. The molecule has 1 amide bonds. The smallest absolute Gasteiger partial charge is 0.305 e. The van der Waals surface area contributed by atoms with Gasteiger partial charge in [0.15, 0.2) is 0 Å². The van der Waals surface area contributed by atoms with Crippen LogP contribution < -0.4 is 5.32 Å². The molecule has 0 heterocycles. The van der Waals surface area contributed by atoms with Crippen molar-refractivity contribution in [1.82, 2.24) is 5.32 Å². The van der Waals surface area contributed by atoms with Gasteiger partial charge in [0.1, 0.15) is 0 Å². The normalized spacial score (nSPS) is 12.4. The fourth-order valence-corrected chi connectivity index (χ4v) is 11.2. The van der Waals surface area contributed by atoms with Crippen molar-refractivity contribution in [2.24, 2.45) is 0 Å². The van der Waals surface area contributed by atoms with Gasteiger partial charge in [-0.3, -0.25) is 9.59 Å². The number of hydrogen-bond donors (Lipinski definition) is 3. The summed E-state index contributed by atoms with van der Waals surface area (Å²) in [5.74, 6) is -0.0102. The van der Waals surface area contributed by atoms with E-state index in [0.717, 1.165) is 38.5 Å². The summed E-state index contributed by atoms with van der Waals surface area (Å²) in [6, 6.07) is -0.540. The van der Waals surface area contributed by atoms with E-state index < -0.39 is 12.1 Å². The minimum absolute atomic E-state index is 0.0202. The molecule has 0 bridgehead atoms. The number of carbonyl (C=O) groups is 2. The van der Waals surface area contributed by atoms with Crippen LogP contribution in [0.5, 0.6) is 0 Å². The van der Waals surface area contributed by atoms with Crippen LogP contribution in [0.1, 0.15) is 399 Å². The number of rotatable bonds is 65. The number of esters is 1. The highest BCUT2D eigenvalue weighted by molar-refractivity contribution is 5.76. The molecule has 0 spiro atoms. The van der Waals surface area contributed by atoms with Crippen LogP contribution >= 0.6 is 0 Å². The number of aliphatic hydroxyl groups excluding tert-OH is 2. The van der Waals surface area contributed by atoms with E-state index in [1.807, 2.05) is 0 Å². The minimum atomic E-state index is -0.663. The van der Waals surface area contributed by atoms with Crippen LogP contribution in [0.2, 0.25) is 0 Å². The summed E-state index contributed by atoms with van der Waals surface area (Å²) in [6.45, 7) is 5.00. The zero-order valence-corrected chi connectivity index (χ0v) is 50.6. The topological polar surface area (TPSA) is 95.9 Å². The van der Waals surface area contributed by atoms with Crippen LogP contribution in [0.4, 0.5) is 0 Å². The average molecular weight is 1050 g/mol. The van der Waals surface area contributed by atoms with Gasteiger partial charge >= 0.3 is 5.97 Å². The fraction of sp³-hybridized carbons (Fsp3) is 0.971. The molecule has 442 valence electrons. The van der Waals surface area contributed by atoms with E-state index in [-0.39, 0.29) is 18.5 Å². The molecule has 0 aliphatic rings. The standard InChI is InChI=1S/C68H135NO5/c1-3-5-7-9-11-13-15-17-19-21-30-34-38-42-46-50-54-58-62-68(73)74-63-59-55-51-47-43-39-35-31-28-26-24-22-23-25-27-29-33-37-41-45-49-53-57-61-67(72)69-65(64-70)66(71)60-56-52-48-44-40-36-32-20-18-16-14-12-10-8-6-4-2/h65-66,70-71H,3-64H2,1-2H3,(H,69,72). The molecular weight excluding hydrogens is 911 g/mol. The highest BCUT2D eigenvalue weighted by Gasteiger charge is 2.20. The lowest BCUT2D eigenvalue weighted by Crippen LogP contribution is -2.45. The lowest BCUT2D eigenvalue weighted by Gasteiger charge is -2.22. The Labute approximate surface area is 464 Å². The molecule has 0 radical (unpaired) electrons. The maximum absolute atomic E-state index is 12.5. The van der Waals surface area contributed by atoms with Crippen LogP contribution in [-0.2, 0) is 14.3 Å². The van der Waals surface area contributed by atoms with Gasteiger partial charge in [-0.15, -0.1) is 0 Å². The van der Waals surface area contributed by atoms with E-state index >= 15 is 0 Å². The van der Waals surface area contributed by atoms with E-state index in [1.165, 1.54) is 327 Å². The first-order chi connectivity index (χ1) is 36.5. The summed E-state index contributed by atoms with van der Waals surface area (Å²) in [5.41, 5.74) is 0. The summed E-state index contributed by atoms with van der Waals surface area (Å²) in [5, 5.41) is 23.3. The van der Waals surface area contributed by atoms with Crippen LogP contribution in [0.25, 0.3) is 0 Å². The molecule has 0 saturated heterocycles. The van der Waals surface area contributed by atoms with Gasteiger partial charge in [-0.1, -0.05) is 361 Å². The second kappa shape index (κ2) is 64.4. The molecule has 0 fully saturated rings. The quantitative estimate of drug-likeness (QED) is 0.0417. The van der Waals surface area contributed by atoms with Crippen molar-refractivity contribution in [1.29, 1.82) is 0 Å². The van der Waals surface area contributed by atoms with Crippen LogP contribution in [0, 0.1) is 0 Å². The van der Waals surface area contributed by atoms with Gasteiger partial charge in [0, 0.05) is 12.8 Å². The molecule has 0 rings (SSSR count). The highest BCUT2D eigenvalue weighted by Crippen LogP contribution is 2.19. The number of amides is 1. The van der Waals surface area contributed by atoms with Gasteiger partial charge in [0.25, 0.3) is 0 Å². The molecule has 2 atom stereocenters. The molecule has 0 aromatic rings. The molecule has 74 heavy (non-hydrogen) atoms. The van der Waals surface area contributed by atoms with Crippen molar-refractivity contribution in [3.05, 3.63) is 0 Å². The van der Waals surface area contributed by atoms with Crippen molar-refractivity contribution >= 4 is 11.9 Å². The molecule has 0 aromatic heterocycles. The lowest BCUT2D eigenvalue weighted by atomic mass is 10.0. The van der Waals surface area contributed by atoms with Gasteiger partial charge < -0.3 is 20.3 Å². The van der Waals surface area contributed by atoms with Crippen molar-refractivity contribution in [2.45, 2.75) is 411 Å². The maximum atomic E-state index is 12.5. The Morgan fingerprint density at radius 3 is 0.824 bits per heavy atom. The third kappa shape index (κ3) is 60.1. The first kappa shape index (κ1) is 72.9. The zero-order chi connectivity index (χ0) is 53.6. The number of carbonyl (C=O) groups excluding carboxylic acids is 2. The first-order valence-corrected chi connectivity index (χ1v) is 34.3. The Morgan fingerprint density at radius 2 is 0.554 bits per heavy atom. The predicted molar refractivity (Wildman–Crippen MR) is 324 cm³/mol. The summed E-state index contributed by atoms with van der Waals surface area (Å²) in [6.07, 6.45) is 77.1. The molecule has 0 aliphatic carbocycles. The predicted octanol–water partition coefficient (Wildman–Crippen LogP) is 21.8. The Bertz CT molecular complexity index is 1070. The van der Waals surface area contributed by atoms with Crippen molar-refractivity contribution < 1.29 is 24.5 Å². The Morgan fingerprint density at radius 1 is 0.324 bits per heavy atom. The molecule has 6 nitrogen and oxygen atoms in total. The van der Waals surface area contributed by atoms with Gasteiger partial charge in [-0.25, -0.2) is 0 Å². The number of ether oxygens (including phenoxy) is 1. The number of hydrogen-bond acceptors (Lipinski definition) is 5. The average Bonchev–Trinajstić information content (AvgIpc) is 3.40. The molecule has 6 heteroatoms. The van der Waals surface area contributed by atoms with E-state index in [0.29, 0.717) is 25.9 Å². The Kier molecular flexibility index (Phi) is 63.4. The first-order valence-electron chi connectivity index (χ1n) is 34.3. The highest BCUT2D eigenvalue weighted by atomic mass is 16.5. The molecule has 0 aromatic carbocycles. The van der Waals surface area contributed by atoms with Crippen LogP contribution in [-0.4, -0.2) is 47.4 Å². The Balaban J connectivity index is 3.34. The van der Waals surface area contributed by atoms with E-state index in [4.69, 9.17) is 4.74 Å². The third-order valence-corrected chi connectivity index (χ3v) is 16.4. The zero-order valence-electron chi connectivity index (χ0n) is 50.6. The summed E-state index contributed by atoms with van der Waals surface area (Å²) in [4.78, 5) is 24.6. The lowest BCUT2D eigenvalue weighted by molar-refractivity contribution is -0.143. The summed E-state index contributed by atoms with van der Waals surface area (Å²) < 4.78 is 5.51. The van der Waals surface area contributed by atoms with E-state index in [1.54, 1.807) is 0 Å². The fourth-order valence-electron chi connectivity index (χ4n) is 11.2. The summed E-state index contributed by atoms with van der Waals surface area (Å²) >= 11 is 0.